The molecule has 0 radical (unpaired) electrons. The van der Waals surface area contributed by atoms with Gasteiger partial charge in [-0.2, -0.15) is 0 Å². The van der Waals surface area contributed by atoms with Gasteiger partial charge in [0.25, 0.3) is 0 Å². The van der Waals surface area contributed by atoms with Gasteiger partial charge < -0.3 is 14.4 Å². The van der Waals surface area contributed by atoms with Crippen molar-refractivity contribution in [1.29, 1.82) is 0 Å². The third-order valence-corrected chi connectivity index (χ3v) is 7.29. The van der Waals surface area contributed by atoms with E-state index < -0.39 is 0 Å². The molecule has 34 heavy (non-hydrogen) atoms. The van der Waals surface area contributed by atoms with Gasteiger partial charge in [-0.25, -0.2) is 9.59 Å². The second kappa shape index (κ2) is 9.60. The number of benzene rings is 2. The lowest BCUT2D eigenvalue weighted by atomic mass is 9.90. The van der Waals surface area contributed by atoms with Crippen molar-refractivity contribution in [2.45, 2.75) is 32.2 Å². The fraction of sp³-hybridized carbons (Fsp3) is 0.407. The molecule has 0 saturated carbocycles. The maximum Gasteiger partial charge on any atom is 0.410 e. The van der Waals surface area contributed by atoms with Gasteiger partial charge in [0.1, 0.15) is 13.2 Å². The van der Waals surface area contributed by atoms with E-state index in [4.69, 9.17) is 9.47 Å². The van der Waals surface area contributed by atoms with Crippen LogP contribution in [0, 0.1) is 6.92 Å². The first-order valence-electron chi connectivity index (χ1n) is 11.9. The molecule has 0 aromatic heterocycles. The first-order valence-corrected chi connectivity index (χ1v) is 11.9. The monoisotopic (exact) mass is 461 g/mol. The minimum Gasteiger partial charge on any atom is -0.457 e. The molecule has 7 heteroatoms. The van der Waals surface area contributed by atoms with Crippen molar-refractivity contribution in [1.82, 2.24) is 14.7 Å². The summed E-state index contributed by atoms with van der Waals surface area (Å²) >= 11 is 0. The normalized spacial score (nSPS) is 22.6. The van der Waals surface area contributed by atoms with Crippen LogP contribution < -0.4 is 0 Å². The molecule has 2 aromatic rings. The predicted octanol–water partition coefficient (Wildman–Crippen LogP) is 3.53. The van der Waals surface area contributed by atoms with Gasteiger partial charge in [0, 0.05) is 56.9 Å². The van der Waals surface area contributed by atoms with E-state index in [9.17, 15) is 9.59 Å². The topological polar surface area (TPSA) is 62.3 Å². The van der Waals surface area contributed by atoms with Gasteiger partial charge in [0.15, 0.2) is 0 Å². The SMILES string of the molecule is C=CCN1C[C@@H]2CN(C(=O)OCc3ccccc3)CCN2C[C@H]1c1ccc2c(c1C)COC2=O. The molecular weight excluding hydrogens is 430 g/mol. The Bertz CT molecular complexity index is 1090. The zero-order chi connectivity index (χ0) is 23.7. The van der Waals surface area contributed by atoms with Crippen LogP contribution in [0.3, 0.4) is 0 Å². The van der Waals surface area contributed by atoms with Gasteiger partial charge in [0.2, 0.25) is 0 Å². The number of piperazine rings is 2. The number of ether oxygens (including phenoxy) is 2. The standard InChI is InChI=1S/C27H31N3O4/c1-3-11-29-14-21-15-30(27(32)34-17-20-7-5-4-6-8-20)13-12-28(21)16-25(29)22-9-10-23-24(19(22)2)18-33-26(23)31/h3-10,21,25H,1,11-18H2,2H3/t21-,25+/m1/s1. The quantitative estimate of drug-likeness (QED) is 0.502. The van der Waals surface area contributed by atoms with Crippen LogP contribution in [0.2, 0.25) is 0 Å². The van der Waals surface area contributed by atoms with Gasteiger partial charge >= 0.3 is 12.1 Å². The van der Waals surface area contributed by atoms with E-state index in [1.807, 2.05) is 47.4 Å². The van der Waals surface area contributed by atoms with Gasteiger partial charge in [-0.15, -0.1) is 6.58 Å². The fourth-order valence-corrected chi connectivity index (χ4v) is 5.41. The van der Waals surface area contributed by atoms with Crippen molar-refractivity contribution in [3.8, 4) is 0 Å². The van der Waals surface area contributed by atoms with E-state index in [2.05, 4.69) is 29.4 Å². The van der Waals surface area contributed by atoms with E-state index in [0.29, 0.717) is 31.9 Å². The molecule has 3 aliphatic heterocycles. The third-order valence-electron chi connectivity index (χ3n) is 7.29. The summed E-state index contributed by atoms with van der Waals surface area (Å²) in [4.78, 5) is 31.5. The van der Waals surface area contributed by atoms with E-state index in [1.54, 1.807) is 0 Å². The maximum atomic E-state index is 12.7. The van der Waals surface area contributed by atoms with Crippen molar-refractivity contribution in [2.24, 2.45) is 0 Å². The Kier molecular flexibility index (Phi) is 6.39. The molecule has 2 saturated heterocycles. The largest absolute Gasteiger partial charge is 0.457 e. The van der Waals surface area contributed by atoms with Gasteiger partial charge in [-0.05, 0) is 29.7 Å². The Morgan fingerprint density at radius 3 is 2.76 bits per heavy atom. The number of hydrogen-bond acceptors (Lipinski definition) is 6. The molecule has 2 fully saturated rings. The Morgan fingerprint density at radius 2 is 1.97 bits per heavy atom. The van der Waals surface area contributed by atoms with Crippen molar-refractivity contribution < 1.29 is 19.1 Å². The average molecular weight is 462 g/mol. The summed E-state index contributed by atoms with van der Waals surface area (Å²) in [5, 5.41) is 0. The van der Waals surface area contributed by atoms with Crippen LogP contribution in [0.15, 0.2) is 55.1 Å². The number of cyclic esters (lactones) is 1. The first-order chi connectivity index (χ1) is 16.5. The number of nitrogens with zero attached hydrogens (tertiary/aromatic N) is 3. The molecule has 0 spiro atoms. The minimum atomic E-state index is -0.250. The Labute approximate surface area is 200 Å². The molecule has 0 N–H and O–H groups in total. The average Bonchev–Trinajstić information content (AvgIpc) is 3.24. The van der Waals surface area contributed by atoms with Crippen LogP contribution in [0.1, 0.15) is 38.7 Å². The minimum absolute atomic E-state index is 0.201. The van der Waals surface area contributed by atoms with Crippen LogP contribution in [-0.2, 0) is 22.7 Å². The maximum absolute atomic E-state index is 12.7. The van der Waals surface area contributed by atoms with Crippen molar-refractivity contribution >= 4 is 12.1 Å². The predicted molar refractivity (Wildman–Crippen MR) is 128 cm³/mol. The lowest BCUT2D eigenvalue weighted by Gasteiger charge is -2.50. The molecule has 0 aliphatic carbocycles. The Balaban J connectivity index is 1.28. The second-order valence-corrected chi connectivity index (χ2v) is 9.28. The first kappa shape index (κ1) is 22.6. The lowest BCUT2D eigenvalue weighted by molar-refractivity contribution is -0.0156. The highest BCUT2D eigenvalue weighted by molar-refractivity contribution is 5.94. The number of esters is 1. The highest BCUT2D eigenvalue weighted by Crippen LogP contribution is 2.35. The molecule has 1 amide bonds. The van der Waals surface area contributed by atoms with Crippen molar-refractivity contribution in [3.63, 3.8) is 0 Å². The number of rotatable bonds is 5. The van der Waals surface area contributed by atoms with Crippen LogP contribution in [-0.4, -0.2) is 72.1 Å². The molecule has 0 unspecified atom stereocenters. The molecule has 178 valence electrons. The molecule has 2 aromatic carbocycles. The summed E-state index contributed by atoms with van der Waals surface area (Å²) < 4.78 is 10.8. The summed E-state index contributed by atoms with van der Waals surface area (Å²) in [5.41, 5.74) is 5.07. The highest BCUT2D eigenvalue weighted by atomic mass is 16.6. The van der Waals surface area contributed by atoms with Gasteiger partial charge in [0.05, 0.1) is 5.56 Å². The molecule has 7 nitrogen and oxygen atoms in total. The molecule has 0 bridgehead atoms. The number of hydrogen-bond donors (Lipinski definition) is 0. The van der Waals surface area contributed by atoms with Gasteiger partial charge in [-0.3, -0.25) is 9.80 Å². The second-order valence-electron chi connectivity index (χ2n) is 9.28. The van der Waals surface area contributed by atoms with E-state index in [-0.39, 0.29) is 24.1 Å². The summed E-state index contributed by atoms with van der Waals surface area (Å²) in [6, 6.07) is 14.2. The van der Waals surface area contributed by atoms with Crippen LogP contribution in [0.5, 0.6) is 0 Å². The highest BCUT2D eigenvalue weighted by Gasteiger charge is 2.39. The lowest BCUT2D eigenvalue weighted by Crippen LogP contribution is -2.63. The zero-order valence-electron chi connectivity index (χ0n) is 19.6. The summed E-state index contributed by atoms with van der Waals surface area (Å²) in [5.74, 6) is -0.230. The summed E-state index contributed by atoms with van der Waals surface area (Å²) in [7, 11) is 0. The molecule has 5 rings (SSSR count). The third kappa shape index (κ3) is 4.33. The zero-order valence-corrected chi connectivity index (χ0v) is 19.6. The number of carbonyl (C=O) groups is 2. The van der Waals surface area contributed by atoms with E-state index >= 15 is 0 Å². The van der Waals surface area contributed by atoms with Gasteiger partial charge in [-0.1, -0.05) is 42.5 Å². The molecular formula is C27H31N3O4. The number of fused-ring (bicyclic) bond motifs is 2. The Morgan fingerprint density at radius 1 is 1.15 bits per heavy atom. The van der Waals surface area contributed by atoms with E-state index in [0.717, 1.165) is 42.9 Å². The van der Waals surface area contributed by atoms with Crippen LogP contribution in [0.25, 0.3) is 0 Å². The fourth-order valence-electron chi connectivity index (χ4n) is 5.41. The van der Waals surface area contributed by atoms with Crippen LogP contribution in [0.4, 0.5) is 4.79 Å². The van der Waals surface area contributed by atoms with Crippen molar-refractivity contribution in [3.05, 3.63) is 82.9 Å². The molecule has 3 heterocycles. The number of carbonyl (C=O) groups excluding carboxylic acids is 2. The van der Waals surface area contributed by atoms with E-state index in [1.165, 1.54) is 5.56 Å². The summed E-state index contributed by atoms with van der Waals surface area (Å²) in [6.07, 6.45) is 1.69. The van der Waals surface area contributed by atoms with Crippen molar-refractivity contribution in [2.75, 3.05) is 39.3 Å². The number of amides is 1. The smallest absolute Gasteiger partial charge is 0.410 e. The molecule has 2 atom stereocenters. The van der Waals surface area contributed by atoms with Crippen LogP contribution >= 0.6 is 0 Å². The summed E-state index contributed by atoms with van der Waals surface area (Å²) in [6.45, 7) is 11.3. The molecule has 3 aliphatic rings. The Hall–Kier alpha value is -3.16.